The van der Waals surface area contributed by atoms with Crippen molar-refractivity contribution in [2.45, 2.75) is 6.55 Å². The third-order valence-electron chi connectivity index (χ3n) is 2.55. The molecule has 2 rings (SSSR count). The van der Waals surface area contributed by atoms with Gasteiger partial charge in [-0.1, -0.05) is 77.6 Å². The van der Waals surface area contributed by atoms with Crippen molar-refractivity contribution in [2.75, 3.05) is 0 Å². The zero-order valence-electron chi connectivity index (χ0n) is 8.85. The van der Waals surface area contributed by atoms with Gasteiger partial charge in [0.05, 0.1) is 8.31 Å². The van der Waals surface area contributed by atoms with E-state index >= 15 is 0 Å². The van der Waals surface area contributed by atoms with Gasteiger partial charge in [0, 0.05) is 9.04 Å². The van der Waals surface area contributed by atoms with Crippen LogP contribution >= 0.6 is 0 Å². The summed E-state index contributed by atoms with van der Waals surface area (Å²) in [5, 5.41) is 3.12. The van der Waals surface area contributed by atoms with Gasteiger partial charge >= 0.3 is 0 Å². The Morgan fingerprint density at radius 2 is 1.13 bits per heavy atom. The second-order valence-corrected chi connectivity index (χ2v) is 9.78. The maximum atomic E-state index is 2.33. The summed E-state index contributed by atoms with van der Waals surface area (Å²) in [6, 6.07) is 21.9. The highest BCUT2D eigenvalue weighted by molar-refractivity contribution is 7.25. The van der Waals surface area contributed by atoms with Crippen molar-refractivity contribution < 1.29 is 0 Å². The first-order valence-corrected chi connectivity index (χ1v) is 9.65. The maximum absolute atomic E-state index is 2.33. The molecule has 0 aliphatic carbocycles. The molecule has 0 aliphatic rings. The molecule has 2 aromatic rings. The second kappa shape index (κ2) is 5.10. The van der Waals surface area contributed by atoms with Crippen molar-refractivity contribution in [1.82, 2.24) is 0 Å². The lowest BCUT2D eigenvalue weighted by Gasteiger charge is -2.13. The van der Waals surface area contributed by atoms with E-state index in [1.807, 2.05) is 0 Å². The van der Waals surface area contributed by atoms with Crippen LogP contribution in [0.15, 0.2) is 60.7 Å². The molecule has 74 valence electrons. The largest absolute Gasteiger partial charge is 0.0904 e. The van der Waals surface area contributed by atoms with Gasteiger partial charge in [-0.25, -0.2) is 0 Å². The molecule has 0 nitrogen and oxygen atoms in total. The quantitative estimate of drug-likeness (QED) is 0.692. The van der Waals surface area contributed by atoms with Gasteiger partial charge in [0.1, 0.15) is 0 Å². The topological polar surface area (TPSA) is 0 Å². The Morgan fingerprint density at radius 1 is 0.733 bits per heavy atom. The second-order valence-electron chi connectivity index (χ2n) is 3.54. The first kappa shape index (κ1) is 10.4. The zero-order chi connectivity index (χ0) is 10.5. The minimum Gasteiger partial charge on any atom is -0.0750 e. The normalized spacial score (nSPS) is 10.5. The van der Waals surface area contributed by atoms with Crippen LogP contribution in [0.2, 0.25) is 6.55 Å². The molecule has 0 bridgehead atoms. The molecule has 2 aromatic carbocycles. The fraction of sp³-hybridized carbons (Fsp3) is 0.0769. The molecule has 15 heavy (non-hydrogen) atoms. The van der Waals surface area contributed by atoms with E-state index in [1.165, 1.54) is 0 Å². The highest BCUT2D eigenvalue weighted by Gasteiger charge is 2.12. The molecule has 0 saturated heterocycles. The lowest BCUT2D eigenvalue weighted by Crippen LogP contribution is -2.46. The predicted octanol–water partition coefficient (Wildman–Crippen LogP) is 1.28. The third kappa shape index (κ3) is 2.46. The first-order valence-electron chi connectivity index (χ1n) is 5.19. The van der Waals surface area contributed by atoms with Crippen LogP contribution in [0.25, 0.3) is 0 Å². The van der Waals surface area contributed by atoms with E-state index in [0.29, 0.717) is 0 Å². The van der Waals surface area contributed by atoms with Crippen molar-refractivity contribution >= 4 is 27.7 Å². The van der Waals surface area contributed by atoms with Gasteiger partial charge in [0.25, 0.3) is 0 Å². The summed E-state index contributed by atoms with van der Waals surface area (Å²) >= 11 is 0. The summed E-state index contributed by atoms with van der Waals surface area (Å²) in [5.41, 5.74) is 0. The van der Waals surface area contributed by atoms with Gasteiger partial charge < -0.3 is 0 Å². The molecule has 0 atom stereocenters. The molecule has 0 spiro atoms. The SMILES string of the molecule is C[Si][SiH](c1ccccc1)c1ccccc1. The molecule has 2 heteroatoms. The van der Waals surface area contributed by atoms with Crippen molar-refractivity contribution in [3.8, 4) is 0 Å². The molecule has 0 fully saturated rings. The summed E-state index contributed by atoms with van der Waals surface area (Å²) in [7, 11) is 0.141. The molecule has 0 aromatic heterocycles. The Labute approximate surface area is 95.2 Å². The molecular weight excluding hydrogens is 212 g/mol. The molecule has 0 amide bonds. The fourth-order valence-corrected chi connectivity index (χ4v) is 7.24. The van der Waals surface area contributed by atoms with E-state index in [4.69, 9.17) is 0 Å². The lowest BCUT2D eigenvalue weighted by atomic mass is 10.4. The van der Waals surface area contributed by atoms with Gasteiger partial charge in [-0.3, -0.25) is 0 Å². The summed E-state index contributed by atoms with van der Waals surface area (Å²) < 4.78 is 0. The summed E-state index contributed by atoms with van der Waals surface area (Å²) in [6.07, 6.45) is 0. The van der Waals surface area contributed by atoms with E-state index in [2.05, 4.69) is 67.2 Å². The van der Waals surface area contributed by atoms with Crippen molar-refractivity contribution in [3.63, 3.8) is 0 Å². The first-order chi connectivity index (χ1) is 7.42. The molecule has 0 heterocycles. The highest BCUT2D eigenvalue weighted by Crippen LogP contribution is 1.91. The Kier molecular flexibility index (Phi) is 3.53. The van der Waals surface area contributed by atoms with Gasteiger partial charge in [-0.2, -0.15) is 0 Å². The van der Waals surface area contributed by atoms with Crippen LogP contribution in [-0.4, -0.2) is 17.4 Å². The fourth-order valence-electron chi connectivity index (χ4n) is 1.82. The van der Waals surface area contributed by atoms with Gasteiger partial charge in [0.2, 0.25) is 0 Å². The number of benzene rings is 2. The predicted molar refractivity (Wildman–Crippen MR) is 70.9 cm³/mol. The number of hydrogen-bond donors (Lipinski definition) is 0. The molecule has 0 saturated carbocycles. The van der Waals surface area contributed by atoms with Crippen LogP contribution in [0.4, 0.5) is 0 Å². The van der Waals surface area contributed by atoms with E-state index < -0.39 is 8.31 Å². The Morgan fingerprint density at radius 3 is 1.47 bits per heavy atom. The van der Waals surface area contributed by atoms with Crippen molar-refractivity contribution in [1.29, 1.82) is 0 Å². The Balaban J connectivity index is 2.34. The molecule has 0 unspecified atom stereocenters. The zero-order valence-corrected chi connectivity index (χ0v) is 11.0. The van der Waals surface area contributed by atoms with Gasteiger partial charge in [-0.05, 0) is 0 Å². The average Bonchev–Trinajstić information content (AvgIpc) is 2.33. The van der Waals surface area contributed by atoms with E-state index in [-0.39, 0.29) is 0 Å². The summed E-state index contributed by atoms with van der Waals surface area (Å²) in [4.78, 5) is 0. The van der Waals surface area contributed by atoms with Crippen LogP contribution in [0, 0.1) is 0 Å². The maximum Gasteiger partial charge on any atom is 0.0904 e. The number of rotatable bonds is 3. The van der Waals surface area contributed by atoms with Crippen LogP contribution in [0.5, 0.6) is 0 Å². The van der Waals surface area contributed by atoms with E-state index in [9.17, 15) is 0 Å². The lowest BCUT2D eigenvalue weighted by molar-refractivity contribution is 1.74. The molecule has 0 N–H and O–H groups in total. The molecular formula is C13H14Si2. The van der Waals surface area contributed by atoms with Crippen LogP contribution in [0.1, 0.15) is 0 Å². The van der Waals surface area contributed by atoms with E-state index in [1.54, 1.807) is 10.4 Å². The minimum absolute atomic E-state index is 0.902. The van der Waals surface area contributed by atoms with Crippen molar-refractivity contribution in [3.05, 3.63) is 60.7 Å². The standard InChI is InChI=1S/C13H14Si2/c1-14-15(12-8-4-2-5-9-12)13-10-6-3-7-11-13/h2-11,15H,1H3. The summed E-state index contributed by atoms with van der Waals surface area (Å²) in [5.74, 6) is 0. The Hall–Kier alpha value is -1.13. The average molecular weight is 226 g/mol. The van der Waals surface area contributed by atoms with E-state index in [0.717, 1.165) is 9.04 Å². The Bertz CT molecular complexity index is 358. The third-order valence-corrected chi connectivity index (χ3v) is 8.97. The number of hydrogen-bond acceptors (Lipinski definition) is 0. The smallest absolute Gasteiger partial charge is 0.0750 e. The summed E-state index contributed by atoms with van der Waals surface area (Å²) in [6.45, 7) is 2.33. The van der Waals surface area contributed by atoms with Gasteiger partial charge in [0.15, 0.2) is 0 Å². The minimum atomic E-state index is -0.902. The van der Waals surface area contributed by atoms with Crippen LogP contribution in [0.3, 0.4) is 0 Å². The molecule has 2 radical (unpaired) electrons. The van der Waals surface area contributed by atoms with Crippen molar-refractivity contribution in [2.24, 2.45) is 0 Å². The van der Waals surface area contributed by atoms with Crippen LogP contribution < -0.4 is 10.4 Å². The molecule has 0 aliphatic heterocycles. The van der Waals surface area contributed by atoms with Gasteiger partial charge in [-0.15, -0.1) is 0 Å². The monoisotopic (exact) mass is 226 g/mol. The van der Waals surface area contributed by atoms with Crippen LogP contribution in [-0.2, 0) is 0 Å². The highest BCUT2D eigenvalue weighted by atomic mass is 29.2.